The highest BCUT2D eigenvalue weighted by atomic mass is 35.5. The maximum absolute atomic E-state index is 6.09. The molecule has 1 aromatic heterocycles. The van der Waals surface area contributed by atoms with Crippen molar-refractivity contribution in [2.45, 2.75) is 26.8 Å². The first-order valence-electron chi connectivity index (χ1n) is 6.06. The first kappa shape index (κ1) is 13.9. The Labute approximate surface area is 121 Å². The van der Waals surface area contributed by atoms with Crippen LogP contribution < -0.4 is 4.57 Å². The highest BCUT2D eigenvalue weighted by molar-refractivity contribution is 8.02. The Kier molecular flexibility index (Phi) is 4.71. The molecule has 2 aromatic rings. The van der Waals surface area contributed by atoms with Crippen LogP contribution in [0.5, 0.6) is 0 Å². The third-order valence-corrected chi connectivity index (χ3v) is 5.18. The highest BCUT2D eigenvalue weighted by Crippen LogP contribution is 2.27. The molecule has 0 saturated carbocycles. The lowest BCUT2D eigenvalue weighted by Crippen LogP contribution is -2.33. The molecule has 0 amide bonds. The largest absolute Gasteiger partial charge is 0.263 e. The van der Waals surface area contributed by atoms with Gasteiger partial charge in [0.2, 0.25) is 5.52 Å². The molecule has 0 bridgehead atoms. The predicted molar refractivity (Wildman–Crippen MR) is 84.5 cm³/mol. The Bertz CT molecular complexity index is 581. The van der Waals surface area contributed by atoms with Crippen LogP contribution in [0.1, 0.15) is 25.3 Å². The lowest BCUT2D eigenvalue weighted by molar-refractivity contribution is -0.665. The van der Waals surface area contributed by atoms with E-state index in [-0.39, 0.29) is 0 Å². The average molecular weight is 299 g/mol. The molecule has 0 unspecified atom stereocenters. The fourth-order valence-electron chi connectivity index (χ4n) is 1.95. The quantitative estimate of drug-likeness (QED) is 0.720. The van der Waals surface area contributed by atoms with Crippen LogP contribution in [0.15, 0.2) is 23.1 Å². The number of benzene rings is 1. The Hall–Kier alpha value is -0.510. The second kappa shape index (κ2) is 6.09. The van der Waals surface area contributed by atoms with Crippen LogP contribution in [-0.4, -0.2) is 6.26 Å². The topological polar surface area (TPSA) is 3.88 Å². The fourth-order valence-corrected chi connectivity index (χ4v) is 3.88. The van der Waals surface area contributed by atoms with Crippen molar-refractivity contribution in [1.29, 1.82) is 0 Å². The molecule has 4 heteroatoms. The number of nitrogens with zero attached hydrogens (tertiary/aromatic N) is 1. The number of aryl methyl sites for hydroxylation is 1. The van der Waals surface area contributed by atoms with E-state index in [4.69, 9.17) is 11.6 Å². The second-order valence-electron chi connectivity index (χ2n) is 3.96. The smallest absolute Gasteiger partial charge is 0.182 e. The molecule has 1 heterocycles. The minimum absolute atomic E-state index is 0.804. The zero-order chi connectivity index (χ0) is 13.1. The Morgan fingerprint density at radius 3 is 2.83 bits per heavy atom. The summed E-state index contributed by atoms with van der Waals surface area (Å²) in [6.45, 7) is 5.34. The van der Waals surface area contributed by atoms with E-state index in [1.807, 2.05) is 29.2 Å². The summed E-state index contributed by atoms with van der Waals surface area (Å²) in [6, 6.07) is 6.12. The number of fused-ring (bicyclic) bond motifs is 1. The van der Waals surface area contributed by atoms with E-state index in [0.29, 0.717) is 0 Å². The van der Waals surface area contributed by atoms with Crippen molar-refractivity contribution >= 4 is 51.0 Å². The molecule has 0 aliphatic carbocycles. The fraction of sp³-hybridized carbons (Fsp3) is 0.357. The molecule has 0 fully saturated rings. The van der Waals surface area contributed by atoms with Crippen molar-refractivity contribution in [2.24, 2.45) is 0 Å². The number of rotatable bonds is 4. The number of hydrogen-bond acceptors (Lipinski definition) is 2. The molecule has 0 aliphatic rings. The standard InChI is InChI=1S/C14H17ClNS2/c1-4-11(17-3)9-14-16(5-2)12-8-10(15)6-7-13(12)18-14/h6-9H,4-5H2,1-3H3/q+1. The van der Waals surface area contributed by atoms with Gasteiger partial charge in [-0.15, -0.1) is 11.8 Å². The molecular formula is C14H17ClNS2+. The number of aromatic nitrogens is 1. The Morgan fingerprint density at radius 2 is 2.22 bits per heavy atom. The zero-order valence-corrected chi connectivity index (χ0v) is 13.3. The summed E-state index contributed by atoms with van der Waals surface area (Å²) in [5.74, 6) is 0. The van der Waals surface area contributed by atoms with E-state index >= 15 is 0 Å². The molecule has 1 nitrogen and oxygen atoms in total. The van der Waals surface area contributed by atoms with Gasteiger partial charge in [0.05, 0.1) is 0 Å². The normalized spacial score (nSPS) is 12.3. The van der Waals surface area contributed by atoms with Crippen molar-refractivity contribution in [1.82, 2.24) is 0 Å². The average Bonchev–Trinajstić information content (AvgIpc) is 2.72. The van der Waals surface area contributed by atoms with Gasteiger partial charge in [0, 0.05) is 17.2 Å². The third kappa shape index (κ3) is 2.73. The van der Waals surface area contributed by atoms with Gasteiger partial charge in [-0.2, -0.15) is 4.57 Å². The number of allylic oxidation sites excluding steroid dienone is 1. The van der Waals surface area contributed by atoms with Crippen molar-refractivity contribution in [2.75, 3.05) is 6.26 Å². The van der Waals surface area contributed by atoms with E-state index in [9.17, 15) is 0 Å². The van der Waals surface area contributed by atoms with Crippen LogP contribution in [0.25, 0.3) is 16.3 Å². The number of thioether (sulfide) groups is 1. The third-order valence-electron chi connectivity index (χ3n) is 2.90. The van der Waals surface area contributed by atoms with Crippen LogP contribution in [0, 0.1) is 0 Å². The number of halogens is 1. The van der Waals surface area contributed by atoms with Crippen LogP contribution in [0.2, 0.25) is 5.02 Å². The zero-order valence-electron chi connectivity index (χ0n) is 10.9. The SMILES string of the molecule is CCC(=Cc1sc2ccc(Cl)cc2[n+]1CC)SC. The molecular weight excluding hydrogens is 282 g/mol. The van der Waals surface area contributed by atoms with Crippen LogP contribution in [0.4, 0.5) is 0 Å². The molecule has 2 rings (SSSR count). The Morgan fingerprint density at radius 1 is 1.44 bits per heavy atom. The van der Waals surface area contributed by atoms with Gasteiger partial charge in [0.25, 0.3) is 5.01 Å². The second-order valence-corrected chi connectivity index (χ2v) is 6.40. The van der Waals surface area contributed by atoms with Gasteiger partial charge in [-0.05, 0) is 36.6 Å². The van der Waals surface area contributed by atoms with Crippen molar-refractivity contribution < 1.29 is 4.57 Å². The monoisotopic (exact) mass is 298 g/mol. The summed E-state index contributed by atoms with van der Waals surface area (Å²) in [7, 11) is 0. The minimum atomic E-state index is 0.804. The highest BCUT2D eigenvalue weighted by Gasteiger charge is 2.17. The molecule has 18 heavy (non-hydrogen) atoms. The van der Waals surface area contributed by atoms with E-state index in [0.717, 1.165) is 18.0 Å². The van der Waals surface area contributed by atoms with Gasteiger partial charge in [-0.3, -0.25) is 0 Å². The van der Waals surface area contributed by atoms with Crippen LogP contribution >= 0.6 is 34.7 Å². The van der Waals surface area contributed by atoms with Gasteiger partial charge in [0.15, 0.2) is 0 Å². The van der Waals surface area contributed by atoms with Gasteiger partial charge in [0.1, 0.15) is 11.2 Å². The summed E-state index contributed by atoms with van der Waals surface area (Å²) in [5.41, 5.74) is 1.23. The molecule has 0 saturated heterocycles. The molecule has 0 radical (unpaired) electrons. The maximum atomic E-state index is 6.09. The molecule has 0 spiro atoms. The lowest BCUT2D eigenvalue weighted by Gasteiger charge is -1.97. The van der Waals surface area contributed by atoms with E-state index in [2.05, 4.69) is 42.9 Å². The van der Waals surface area contributed by atoms with Gasteiger partial charge >= 0.3 is 0 Å². The summed E-state index contributed by atoms with van der Waals surface area (Å²) in [5, 5.41) is 2.11. The first-order valence-corrected chi connectivity index (χ1v) is 8.48. The van der Waals surface area contributed by atoms with Crippen molar-refractivity contribution in [3.8, 4) is 0 Å². The first-order chi connectivity index (χ1) is 8.69. The molecule has 96 valence electrons. The van der Waals surface area contributed by atoms with E-state index in [1.54, 1.807) is 0 Å². The Balaban J connectivity index is 2.60. The summed E-state index contributed by atoms with van der Waals surface area (Å²) in [6.07, 6.45) is 5.52. The maximum Gasteiger partial charge on any atom is 0.263 e. The molecule has 0 N–H and O–H groups in total. The molecule has 0 atom stereocenters. The number of thiazole rings is 1. The molecule has 1 aromatic carbocycles. The molecule has 0 aliphatic heterocycles. The van der Waals surface area contributed by atoms with E-state index in [1.165, 1.54) is 20.1 Å². The lowest BCUT2D eigenvalue weighted by atomic mass is 10.3. The van der Waals surface area contributed by atoms with Crippen LogP contribution in [0.3, 0.4) is 0 Å². The van der Waals surface area contributed by atoms with Gasteiger partial charge < -0.3 is 0 Å². The predicted octanol–water partition coefficient (Wildman–Crippen LogP) is 4.98. The summed E-state index contributed by atoms with van der Waals surface area (Å²) < 4.78 is 3.63. The van der Waals surface area contributed by atoms with E-state index < -0.39 is 0 Å². The van der Waals surface area contributed by atoms with Crippen LogP contribution in [-0.2, 0) is 6.54 Å². The van der Waals surface area contributed by atoms with Crippen molar-refractivity contribution in [3.05, 3.63) is 33.1 Å². The summed E-state index contributed by atoms with van der Waals surface area (Å²) >= 11 is 9.75. The summed E-state index contributed by atoms with van der Waals surface area (Å²) in [4.78, 5) is 1.41. The van der Waals surface area contributed by atoms with Gasteiger partial charge in [-0.25, -0.2) is 0 Å². The van der Waals surface area contributed by atoms with Crippen molar-refractivity contribution in [3.63, 3.8) is 0 Å². The minimum Gasteiger partial charge on any atom is -0.182 e. The van der Waals surface area contributed by atoms with Gasteiger partial charge in [-0.1, -0.05) is 29.9 Å². The number of hydrogen-bond donors (Lipinski definition) is 0.